The van der Waals surface area contributed by atoms with Crippen LogP contribution in [0.1, 0.15) is 45.1 Å². The quantitative estimate of drug-likeness (QED) is 0.640. The van der Waals surface area contributed by atoms with Gasteiger partial charge >= 0.3 is 6.09 Å². The first-order valence-corrected chi connectivity index (χ1v) is 10.8. The Hall–Kier alpha value is -2.74. The van der Waals surface area contributed by atoms with Gasteiger partial charge < -0.3 is 20.1 Å². The molecule has 0 aliphatic carbocycles. The molecule has 2 amide bonds. The molecule has 1 aromatic rings. The van der Waals surface area contributed by atoms with Crippen molar-refractivity contribution < 1.29 is 28.7 Å². The van der Waals surface area contributed by atoms with Crippen molar-refractivity contribution in [2.75, 3.05) is 19.8 Å². The highest BCUT2D eigenvalue weighted by Crippen LogP contribution is 2.19. The van der Waals surface area contributed by atoms with Gasteiger partial charge in [0.05, 0.1) is 12.6 Å². The van der Waals surface area contributed by atoms with Crippen LogP contribution in [0.5, 0.6) is 0 Å². The first-order chi connectivity index (χ1) is 14.9. The molecule has 1 fully saturated rings. The van der Waals surface area contributed by atoms with Gasteiger partial charge in [-0.15, -0.1) is 0 Å². The molecule has 2 atom stereocenters. The van der Waals surface area contributed by atoms with E-state index in [4.69, 9.17) is 9.47 Å². The Morgan fingerprint density at radius 3 is 2.61 bits per heavy atom. The molecule has 1 saturated heterocycles. The average Bonchev–Trinajstić information content (AvgIpc) is 2.79. The SMILES string of the molecule is CC(C)C(NC(=O)OCc1ccccc1)C(=O)CC1CCCCOCCNC(=O)C1=O. The van der Waals surface area contributed by atoms with Crippen LogP contribution in [0, 0.1) is 11.8 Å². The Kier molecular flexibility index (Phi) is 10.2. The lowest BCUT2D eigenvalue weighted by Crippen LogP contribution is -2.46. The van der Waals surface area contributed by atoms with E-state index in [-0.39, 0.29) is 31.3 Å². The van der Waals surface area contributed by atoms with E-state index in [1.54, 1.807) is 0 Å². The van der Waals surface area contributed by atoms with Crippen LogP contribution in [0.2, 0.25) is 0 Å². The van der Waals surface area contributed by atoms with Gasteiger partial charge in [0.25, 0.3) is 5.91 Å². The first-order valence-electron chi connectivity index (χ1n) is 10.8. The molecular weight excluding hydrogens is 400 g/mol. The van der Waals surface area contributed by atoms with Crippen LogP contribution in [0.25, 0.3) is 0 Å². The minimum absolute atomic E-state index is 0.0923. The molecule has 1 aliphatic rings. The number of hydrogen-bond acceptors (Lipinski definition) is 6. The summed E-state index contributed by atoms with van der Waals surface area (Å²) in [4.78, 5) is 49.9. The molecule has 0 radical (unpaired) electrons. The largest absolute Gasteiger partial charge is 0.445 e. The lowest BCUT2D eigenvalue weighted by Gasteiger charge is -2.23. The minimum Gasteiger partial charge on any atom is -0.445 e. The summed E-state index contributed by atoms with van der Waals surface area (Å²) in [6, 6.07) is 8.42. The monoisotopic (exact) mass is 432 g/mol. The van der Waals surface area contributed by atoms with Crippen molar-refractivity contribution in [2.24, 2.45) is 11.8 Å². The molecular formula is C23H32N2O6. The van der Waals surface area contributed by atoms with Crippen LogP contribution >= 0.6 is 0 Å². The predicted octanol–water partition coefficient (Wildman–Crippen LogP) is 2.40. The van der Waals surface area contributed by atoms with E-state index < -0.39 is 29.7 Å². The number of carbonyl (C=O) groups is 4. The molecule has 0 bridgehead atoms. The van der Waals surface area contributed by atoms with E-state index in [9.17, 15) is 19.2 Å². The van der Waals surface area contributed by atoms with Crippen molar-refractivity contribution in [3.8, 4) is 0 Å². The van der Waals surface area contributed by atoms with Crippen molar-refractivity contribution in [2.45, 2.75) is 52.2 Å². The Morgan fingerprint density at radius 2 is 1.90 bits per heavy atom. The molecule has 2 unspecified atom stereocenters. The van der Waals surface area contributed by atoms with Gasteiger partial charge in [-0.05, 0) is 24.3 Å². The summed E-state index contributed by atoms with van der Waals surface area (Å²) in [5, 5.41) is 5.15. The fourth-order valence-electron chi connectivity index (χ4n) is 3.41. The number of ketones is 2. The molecule has 0 saturated carbocycles. The lowest BCUT2D eigenvalue weighted by atomic mass is 9.87. The topological polar surface area (TPSA) is 111 Å². The summed E-state index contributed by atoms with van der Waals surface area (Å²) in [5.41, 5.74) is 0.836. The highest BCUT2D eigenvalue weighted by molar-refractivity contribution is 6.37. The number of nitrogens with one attached hydrogen (secondary N) is 2. The maximum atomic E-state index is 13.0. The van der Waals surface area contributed by atoms with E-state index in [1.165, 1.54) is 0 Å². The molecule has 31 heavy (non-hydrogen) atoms. The number of benzene rings is 1. The second kappa shape index (κ2) is 12.8. The van der Waals surface area contributed by atoms with Crippen molar-refractivity contribution >= 4 is 23.6 Å². The van der Waals surface area contributed by atoms with E-state index in [0.29, 0.717) is 26.1 Å². The molecule has 170 valence electrons. The second-order valence-corrected chi connectivity index (χ2v) is 8.02. The van der Waals surface area contributed by atoms with E-state index in [1.807, 2.05) is 44.2 Å². The van der Waals surface area contributed by atoms with Gasteiger partial charge in [0.2, 0.25) is 5.78 Å². The summed E-state index contributed by atoms with van der Waals surface area (Å²) in [5.74, 6) is -2.49. The summed E-state index contributed by atoms with van der Waals surface area (Å²) < 4.78 is 10.6. The van der Waals surface area contributed by atoms with Gasteiger partial charge in [-0.3, -0.25) is 14.4 Å². The molecule has 2 rings (SSSR count). The molecule has 2 N–H and O–H groups in total. The molecule has 8 nitrogen and oxygen atoms in total. The molecule has 0 aromatic heterocycles. The molecule has 1 aliphatic heterocycles. The minimum atomic E-state index is -0.805. The third-order valence-corrected chi connectivity index (χ3v) is 5.17. The van der Waals surface area contributed by atoms with Gasteiger partial charge in [-0.1, -0.05) is 50.6 Å². The summed E-state index contributed by atoms with van der Waals surface area (Å²) in [6.45, 7) is 4.87. The van der Waals surface area contributed by atoms with E-state index in [0.717, 1.165) is 12.0 Å². The van der Waals surface area contributed by atoms with Crippen LogP contribution in [0.4, 0.5) is 4.79 Å². The number of rotatable bonds is 7. The van der Waals surface area contributed by atoms with Crippen LogP contribution in [0.15, 0.2) is 30.3 Å². The van der Waals surface area contributed by atoms with Crippen molar-refractivity contribution in [3.63, 3.8) is 0 Å². The fourth-order valence-corrected chi connectivity index (χ4v) is 3.41. The number of ether oxygens (including phenoxy) is 2. The van der Waals surface area contributed by atoms with Gasteiger partial charge in [0.1, 0.15) is 6.61 Å². The van der Waals surface area contributed by atoms with Crippen LogP contribution in [-0.4, -0.2) is 49.4 Å². The maximum Gasteiger partial charge on any atom is 0.408 e. The highest BCUT2D eigenvalue weighted by atomic mass is 16.5. The van der Waals surface area contributed by atoms with Gasteiger partial charge in [0.15, 0.2) is 5.78 Å². The summed E-state index contributed by atoms with van der Waals surface area (Å²) in [7, 11) is 0. The van der Waals surface area contributed by atoms with E-state index in [2.05, 4.69) is 10.6 Å². The van der Waals surface area contributed by atoms with Gasteiger partial charge in [0, 0.05) is 25.5 Å². The Balaban J connectivity index is 1.97. The summed E-state index contributed by atoms with van der Waals surface area (Å²) in [6.07, 6.45) is 1.05. The summed E-state index contributed by atoms with van der Waals surface area (Å²) >= 11 is 0. The lowest BCUT2D eigenvalue weighted by molar-refractivity contribution is -0.141. The van der Waals surface area contributed by atoms with Crippen molar-refractivity contribution in [3.05, 3.63) is 35.9 Å². The van der Waals surface area contributed by atoms with Crippen LogP contribution in [0.3, 0.4) is 0 Å². The Morgan fingerprint density at radius 1 is 1.16 bits per heavy atom. The maximum absolute atomic E-state index is 13.0. The zero-order valence-corrected chi connectivity index (χ0v) is 18.2. The van der Waals surface area contributed by atoms with E-state index >= 15 is 0 Å². The Labute approximate surface area is 183 Å². The molecule has 1 heterocycles. The normalized spacial score (nSPS) is 19.1. The second-order valence-electron chi connectivity index (χ2n) is 8.02. The smallest absolute Gasteiger partial charge is 0.408 e. The molecule has 1 aromatic carbocycles. The van der Waals surface area contributed by atoms with Crippen molar-refractivity contribution in [1.82, 2.24) is 10.6 Å². The fraction of sp³-hybridized carbons (Fsp3) is 0.565. The van der Waals surface area contributed by atoms with Gasteiger partial charge in [-0.2, -0.15) is 0 Å². The zero-order chi connectivity index (χ0) is 22.6. The third kappa shape index (κ3) is 8.49. The Bertz CT molecular complexity index is 750. The number of amides is 2. The van der Waals surface area contributed by atoms with Crippen molar-refractivity contribution in [1.29, 1.82) is 0 Å². The number of alkyl carbamates (subject to hydrolysis) is 1. The number of Topliss-reactive ketones (excluding diaryl/α,β-unsaturated/α-hetero) is 2. The van der Waals surface area contributed by atoms with Crippen LogP contribution in [-0.2, 0) is 30.5 Å². The number of hydrogen-bond donors (Lipinski definition) is 2. The zero-order valence-electron chi connectivity index (χ0n) is 18.2. The predicted molar refractivity (Wildman–Crippen MR) is 114 cm³/mol. The molecule has 8 heteroatoms. The standard InChI is InChI=1S/C23H32N2O6/c1-16(2)20(25-23(29)31-15-17-8-4-3-5-9-17)19(26)14-18-10-6-7-12-30-13-11-24-22(28)21(18)27/h3-5,8-9,16,18,20H,6-7,10-15H2,1-2H3,(H,24,28)(H,25,29). The number of carbonyl (C=O) groups excluding carboxylic acids is 4. The highest BCUT2D eigenvalue weighted by Gasteiger charge is 2.32. The van der Waals surface area contributed by atoms with Crippen LogP contribution < -0.4 is 10.6 Å². The first kappa shape index (κ1) is 24.5. The third-order valence-electron chi connectivity index (χ3n) is 5.17. The molecule has 0 spiro atoms. The average molecular weight is 433 g/mol. The van der Waals surface area contributed by atoms with Gasteiger partial charge in [-0.25, -0.2) is 4.79 Å².